The summed E-state index contributed by atoms with van der Waals surface area (Å²) in [6.45, 7) is 0.0953. The molecule has 1 heterocycles. The van der Waals surface area contributed by atoms with E-state index in [4.69, 9.17) is 0 Å². The number of carbonyl (C=O) groups excluding carboxylic acids is 1. The molecule has 0 aliphatic carbocycles. The lowest BCUT2D eigenvalue weighted by atomic mass is 10.2. The van der Waals surface area contributed by atoms with Crippen LogP contribution in [0.2, 0.25) is 0 Å². The van der Waals surface area contributed by atoms with Crippen LogP contribution in [0.4, 0.5) is 13.2 Å². The van der Waals surface area contributed by atoms with E-state index in [1.807, 2.05) is 0 Å². The molecule has 0 bridgehead atoms. The van der Waals surface area contributed by atoms with Gasteiger partial charge in [0.05, 0.1) is 0 Å². The van der Waals surface area contributed by atoms with Crippen molar-refractivity contribution in [3.8, 4) is 0 Å². The molecule has 0 unspecified atom stereocenters. The van der Waals surface area contributed by atoms with Crippen molar-refractivity contribution in [1.29, 1.82) is 0 Å². The smallest absolute Gasteiger partial charge is 0.364 e. The first-order chi connectivity index (χ1) is 8.74. The number of amides is 1. The van der Waals surface area contributed by atoms with Crippen molar-refractivity contribution in [2.24, 2.45) is 0 Å². The summed E-state index contributed by atoms with van der Waals surface area (Å²) in [5, 5.41) is 0.193. The Morgan fingerprint density at radius 1 is 1.47 bits per heavy atom. The van der Waals surface area contributed by atoms with Gasteiger partial charge in [0.2, 0.25) is 0 Å². The van der Waals surface area contributed by atoms with E-state index in [2.05, 4.69) is 20.9 Å². The zero-order valence-electron chi connectivity index (χ0n) is 10.1. The number of alkyl halides is 4. The largest absolute Gasteiger partial charge is 0.406 e. The SMILES string of the molecule is Cc1cc(=O)c(C(=O)N(CCBr)CC(F)(F)F)c[nH]1. The van der Waals surface area contributed by atoms with Gasteiger partial charge >= 0.3 is 6.18 Å². The van der Waals surface area contributed by atoms with Crippen LogP contribution < -0.4 is 5.43 Å². The quantitative estimate of drug-likeness (QED) is 0.853. The second-order valence-corrected chi connectivity index (χ2v) is 4.72. The van der Waals surface area contributed by atoms with Gasteiger partial charge in [0.1, 0.15) is 12.1 Å². The van der Waals surface area contributed by atoms with E-state index in [-0.39, 0.29) is 17.4 Å². The summed E-state index contributed by atoms with van der Waals surface area (Å²) < 4.78 is 37.1. The second-order valence-electron chi connectivity index (χ2n) is 3.92. The maximum atomic E-state index is 12.4. The molecule has 1 aromatic heterocycles. The number of nitrogens with one attached hydrogen (secondary N) is 1. The Kier molecular flexibility index (Phi) is 5.16. The number of nitrogens with zero attached hydrogens (tertiary/aromatic N) is 1. The first kappa shape index (κ1) is 15.7. The summed E-state index contributed by atoms with van der Waals surface area (Å²) in [7, 11) is 0. The van der Waals surface area contributed by atoms with Crippen LogP contribution in [0.5, 0.6) is 0 Å². The molecule has 0 saturated carbocycles. The number of hydrogen-bond donors (Lipinski definition) is 1. The molecule has 0 aliphatic heterocycles. The molecule has 1 amide bonds. The highest BCUT2D eigenvalue weighted by Crippen LogP contribution is 2.17. The summed E-state index contributed by atoms with van der Waals surface area (Å²) in [5.74, 6) is -0.932. The molecular formula is C11H12BrF3N2O2. The molecular weight excluding hydrogens is 329 g/mol. The maximum Gasteiger partial charge on any atom is 0.406 e. The fraction of sp³-hybridized carbons (Fsp3) is 0.455. The number of halogens is 4. The van der Waals surface area contributed by atoms with Gasteiger partial charge in [-0.05, 0) is 6.92 Å². The lowest BCUT2D eigenvalue weighted by Gasteiger charge is -2.22. The van der Waals surface area contributed by atoms with Gasteiger partial charge in [-0.1, -0.05) is 15.9 Å². The van der Waals surface area contributed by atoms with Crippen LogP contribution >= 0.6 is 15.9 Å². The van der Waals surface area contributed by atoms with Gasteiger partial charge in [-0.15, -0.1) is 0 Å². The zero-order valence-corrected chi connectivity index (χ0v) is 11.6. The molecule has 1 N–H and O–H groups in total. The molecule has 1 aromatic rings. The van der Waals surface area contributed by atoms with E-state index < -0.39 is 24.1 Å². The van der Waals surface area contributed by atoms with E-state index >= 15 is 0 Å². The molecule has 0 saturated heterocycles. The number of aryl methyl sites for hydroxylation is 1. The van der Waals surface area contributed by atoms with Crippen LogP contribution in [-0.4, -0.2) is 40.4 Å². The van der Waals surface area contributed by atoms with Crippen molar-refractivity contribution < 1.29 is 18.0 Å². The molecule has 0 aliphatic rings. The molecule has 0 atom stereocenters. The first-order valence-corrected chi connectivity index (χ1v) is 6.48. The highest BCUT2D eigenvalue weighted by molar-refractivity contribution is 9.09. The summed E-state index contributed by atoms with van der Waals surface area (Å²) in [6, 6.07) is 1.17. The van der Waals surface area contributed by atoms with Gasteiger partial charge in [0, 0.05) is 29.8 Å². The van der Waals surface area contributed by atoms with Crippen LogP contribution in [0.15, 0.2) is 17.1 Å². The number of H-pyrrole nitrogens is 1. The third kappa shape index (κ3) is 4.70. The van der Waals surface area contributed by atoms with Gasteiger partial charge in [-0.2, -0.15) is 13.2 Å². The minimum atomic E-state index is -4.50. The molecule has 0 spiro atoms. The number of carbonyl (C=O) groups is 1. The van der Waals surface area contributed by atoms with Crippen molar-refractivity contribution in [3.63, 3.8) is 0 Å². The van der Waals surface area contributed by atoms with Crippen LogP contribution in [0.25, 0.3) is 0 Å². The van der Waals surface area contributed by atoms with Gasteiger partial charge < -0.3 is 9.88 Å². The second kappa shape index (κ2) is 6.23. The molecule has 8 heteroatoms. The molecule has 0 radical (unpaired) electrons. The number of pyridine rings is 1. The van der Waals surface area contributed by atoms with Gasteiger partial charge in [-0.25, -0.2) is 0 Å². The third-order valence-electron chi connectivity index (χ3n) is 2.30. The molecule has 0 fully saturated rings. The fourth-order valence-corrected chi connectivity index (χ4v) is 1.91. The van der Waals surface area contributed by atoms with Crippen molar-refractivity contribution >= 4 is 21.8 Å². The Morgan fingerprint density at radius 2 is 2.11 bits per heavy atom. The topological polar surface area (TPSA) is 53.2 Å². The standard InChI is InChI=1S/C11H12BrF3N2O2/c1-7-4-9(18)8(5-16-7)10(19)17(3-2-12)6-11(13,14)15/h4-5H,2-3,6H2,1H3,(H,16,18). The number of aromatic nitrogens is 1. The molecule has 1 rings (SSSR count). The summed E-state index contributed by atoms with van der Waals surface area (Å²) in [4.78, 5) is 26.8. The average Bonchev–Trinajstić information content (AvgIpc) is 2.26. The summed E-state index contributed by atoms with van der Waals surface area (Å²) >= 11 is 2.98. The first-order valence-electron chi connectivity index (χ1n) is 5.36. The molecule has 0 aromatic carbocycles. The van der Waals surface area contributed by atoms with Crippen LogP contribution in [0.1, 0.15) is 16.1 Å². The van der Waals surface area contributed by atoms with Crippen molar-refractivity contribution in [2.75, 3.05) is 18.4 Å². The van der Waals surface area contributed by atoms with Crippen LogP contribution in [0.3, 0.4) is 0 Å². The van der Waals surface area contributed by atoms with Crippen molar-refractivity contribution in [2.45, 2.75) is 13.1 Å². The number of aromatic amines is 1. The summed E-state index contributed by atoms with van der Waals surface area (Å²) in [5.41, 5.74) is -0.358. The Labute approximate surface area is 115 Å². The van der Waals surface area contributed by atoms with Crippen LogP contribution in [0, 0.1) is 6.92 Å². The number of rotatable bonds is 4. The molecule has 19 heavy (non-hydrogen) atoms. The predicted molar refractivity (Wildman–Crippen MR) is 67.6 cm³/mol. The van der Waals surface area contributed by atoms with Gasteiger partial charge in [-0.3, -0.25) is 9.59 Å². The average molecular weight is 341 g/mol. The Morgan fingerprint density at radius 3 is 2.58 bits per heavy atom. The minimum Gasteiger partial charge on any atom is -0.364 e. The van der Waals surface area contributed by atoms with E-state index in [1.165, 1.54) is 6.07 Å². The van der Waals surface area contributed by atoms with Gasteiger partial charge in [0.15, 0.2) is 5.43 Å². The molecule has 106 valence electrons. The molecule has 4 nitrogen and oxygen atoms in total. The van der Waals surface area contributed by atoms with Crippen molar-refractivity contribution in [1.82, 2.24) is 9.88 Å². The third-order valence-corrected chi connectivity index (χ3v) is 2.65. The van der Waals surface area contributed by atoms with Crippen LogP contribution in [-0.2, 0) is 0 Å². The van der Waals surface area contributed by atoms with E-state index in [1.54, 1.807) is 6.92 Å². The highest BCUT2D eigenvalue weighted by Gasteiger charge is 2.33. The van der Waals surface area contributed by atoms with E-state index in [0.717, 1.165) is 6.20 Å². The fourth-order valence-electron chi connectivity index (χ4n) is 1.48. The van der Waals surface area contributed by atoms with Gasteiger partial charge in [0.25, 0.3) is 5.91 Å². The normalized spacial score (nSPS) is 11.4. The van der Waals surface area contributed by atoms with E-state index in [0.29, 0.717) is 10.6 Å². The summed E-state index contributed by atoms with van der Waals surface area (Å²) in [6.07, 6.45) is -3.37. The lowest BCUT2D eigenvalue weighted by molar-refractivity contribution is -0.140. The Bertz CT molecular complexity index is 513. The van der Waals surface area contributed by atoms with Crippen molar-refractivity contribution in [3.05, 3.63) is 33.7 Å². The maximum absolute atomic E-state index is 12.4. The Balaban J connectivity index is 3.02. The predicted octanol–water partition coefficient (Wildman–Crippen LogP) is 2.08. The highest BCUT2D eigenvalue weighted by atomic mass is 79.9. The monoisotopic (exact) mass is 340 g/mol. The minimum absolute atomic E-state index is 0.133. The lowest BCUT2D eigenvalue weighted by Crippen LogP contribution is -2.41. The van der Waals surface area contributed by atoms with E-state index in [9.17, 15) is 22.8 Å². The zero-order chi connectivity index (χ0) is 14.6. The number of hydrogen-bond acceptors (Lipinski definition) is 2. The Hall–Kier alpha value is -1.31.